The van der Waals surface area contributed by atoms with Crippen LogP contribution < -0.4 is 10.6 Å². The van der Waals surface area contributed by atoms with Gasteiger partial charge in [-0.3, -0.25) is 14.5 Å². The normalized spacial score (nSPS) is 25.1. The van der Waals surface area contributed by atoms with Gasteiger partial charge in [-0.15, -0.1) is 11.3 Å². The van der Waals surface area contributed by atoms with Crippen LogP contribution in [-0.4, -0.2) is 34.8 Å². The Balaban J connectivity index is 1.47. The Morgan fingerprint density at radius 2 is 1.93 bits per heavy atom. The number of nitrogens with one attached hydrogen (secondary N) is 2. The molecule has 1 saturated carbocycles. The Labute approximate surface area is 174 Å². The summed E-state index contributed by atoms with van der Waals surface area (Å²) in [5, 5.41) is 7.83. The SMILES string of the molecule is CC1CCC2(CC1)NC(=O)N(CC(=O)N[C@@H](c1ccccc1)c1cccs1)C2=O. The van der Waals surface area contributed by atoms with Gasteiger partial charge >= 0.3 is 6.03 Å². The van der Waals surface area contributed by atoms with E-state index in [-0.39, 0.29) is 24.4 Å². The maximum absolute atomic E-state index is 13.0. The summed E-state index contributed by atoms with van der Waals surface area (Å²) in [5.41, 5.74) is 0.134. The van der Waals surface area contributed by atoms with Crippen LogP contribution in [0.4, 0.5) is 4.79 Å². The fraction of sp³-hybridized carbons (Fsp3) is 0.409. The Morgan fingerprint density at radius 1 is 1.21 bits per heavy atom. The van der Waals surface area contributed by atoms with Gasteiger partial charge in [0.1, 0.15) is 12.1 Å². The molecule has 7 heteroatoms. The number of urea groups is 1. The molecule has 1 aliphatic heterocycles. The van der Waals surface area contributed by atoms with E-state index in [9.17, 15) is 14.4 Å². The van der Waals surface area contributed by atoms with E-state index < -0.39 is 11.6 Å². The molecule has 6 nitrogen and oxygen atoms in total. The third-order valence-electron chi connectivity index (χ3n) is 5.94. The highest BCUT2D eigenvalue weighted by atomic mass is 32.1. The second-order valence-corrected chi connectivity index (χ2v) is 8.99. The molecule has 4 amide bonds. The molecule has 2 heterocycles. The van der Waals surface area contributed by atoms with Crippen LogP contribution in [0.5, 0.6) is 0 Å². The van der Waals surface area contributed by atoms with Gasteiger partial charge in [0.05, 0.1) is 6.04 Å². The minimum Gasteiger partial charge on any atom is -0.343 e. The molecule has 29 heavy (non-hydrogen) atoms. The second-order valence-electron chi connectivity index (χ2n) is 8.01. The number of imide groups is 1. The summed E-state index contributed by atoms with van der Waals surface area (Å²) in [6, 6.07) is 12.8. The highest BCUT2D eigenvalue weighted by Crippen LogP contribution is 2.36. The number of benzene rings is 1. The van der Waals surface area contributed by atoms with Crippen molar-refractivity contribution in [2.75, 3.05) is 6.54 Å². The molecule has 0 radical (unpaired) electrons. The number of rotatable bonds is 5. The van der Waals surface area contributed by atoms with Gasteiger partial charge < -0.3 is 10.6 Å². The number of nitrogens with zero attached hydrogens (tertiary/aromatic N) is 1. The van der Waals surface area contributed by atoms with E-state index in [1.54, 1.807) is 11.3 Å². The second kappa shape index (κ2) is 7.99. The summed E-state index contributed by atoms with van der Waals surface area (Å²) in [6.45, 7) is 1.89. The largest absolute Gasteiger partial charge is 0.343 e. The fourth-order valence-corrected chi connectivity index (χ4v) is 4.99. The number of amides is 4. The van der Waals surface area contributed by atoms with Crippen LogP contribution in [0.1, 0.15) is 49.1 Å². The van der Waals surface area contributed by atoms with Gasteiger partial charge in [0.25, 0.3) is 5.91 Å². The van der Waals surface area contributed by atoms with Crippen LogP contribution in [0, 0.1) is 5.92 Å². The number of hydrogen-bond acceptors (Lipinski definition) is 4. The summed E-state index contributed by atoms with van der Waals surface area (Å²) in [6.07, 6.45) is 3.08. The molecule has 2 aliphatic rings. The number of carbonyl (C=O) groups excluding carboxylic acids is 3. The minimum absolute atomic E-state index is 0.267. The van der Waals surface area contributed by atoms with Gasteiger partial charge in [-0.1, -0.05) is 43.3 Å². The quantitative estimate of drug-likeness (QED) is 0.740. The van der Waals surface area contributed by atoms with Gasteiger partial charge in [-0.25, -0.2) is 4.79 Å². The lowest BCUT2D eigenvalue weighted by Crippen LogP contribution is -2.50. The zero-order valence-electron chi connectivity index (χ0n) is 16.4. The predicted octanol–water partition coefficient (Wildman–Crippen LogP) is 3.45. The van der Waals surface area contributed by atoms with Crippen molar-refractivity contribution in [2.24, 2.45) is 5.92 Å². The molecule has 2 N–H and O–H groups in total. The zero-order chi connectivity index (χ0) is 20.4. The average Bonchev–Trinajstić information content (AvgIpc) is 3.33. The van der Waals surface area contributed by atoms with Crippen molar-refractivity contribution in [3.8, 4) is 0 Å². The van der Waals surface area contributed by atoms with Crippen LogP contribution in [0.15, 0.2) is 47.8 Å². The fourth-order valence-electron chi connectivity index (χ4n) is 4.18. The van der Waals surface area contributed by atoms with Crippen molar-refractivity contribution in [3.63, 3.8) is 0 Å². The lowest BCUT2D eigenvalue weighted by molar-refractivity contribution is -0.136. The summed E-state index contributed by atoms with van der Waals surface area (Å²) < 4.78 is 0. The average molecular weight is 412 g/mol. The van der Waals surface area contributed by atoms with Gasteiger partial charge in [0, 0.05) is 4.88 Å². The van der Waals surface area contributed by atoms with Gasteiger partial charge in [0.15, 0.2) is 0 Å². The molecule has 1 saturated heterocycles. The van der Waals surface area contributed by atoms with E-state index in [1.165, 1.54) is 0 Å². The van der Waals surface area contributed by atoms with Gasteiger partial charge in [-0.2, -0.15) is 0 Å². The molecule has 1 aliphatic carbocycles. The first-order valence-corrected chi connectivity index (χ1v) is 10.9. The molecule has 1 atom stereocenters. The topological polar surface area (TPSA) is 78.5 Å². The maximum Gasteiger partial charge on any atom is 0.325 e. The highest BCUT2D eigenvalue weighted by molar-refractivity contribution is 7.10. The van der Waals surface area contributed by atoms with E-state index in [1.807, 2.05) is 47.8 Å². The first kappa shape index (κ1) is 19.6. The molecular weight excluding hydrogens is 386 g/mol. The minimum atomic E-state index is -0.823. The first-order chi connectivity index (χ1) is 14.0. The lowest BCUT2D eigenvalue weighted by atomic mass is 9.77. The molecule has 1 spiro atoms. The van der Waals surface area contributed by atoms with Crippen molar-refractivity contribution in [1.82, 2.24) is 15.5 Å². The van der Waals surface area contributed by atoms with E-state index >= 15 is 0 Å². The molecule has 4 rings (SSSR count). The van der Waals surface area contributed by atoms with Crippen LogP contribution >= 0.6 is 11.3 Å². The number of carbonyl (C=O) groups is 3. The predicted molar refractivity (Wildman–Crippen MR) is 111 cm³/mol. The zero-order valence-corrected chi connectivity index (χ0v) is 17.2. The van der Waals surface area contributed by atoms with E-state index in [4.69, 9.17) is 0 Å². The van der Waals surface area contributed by atoms with Crippen molar-refractivity contribution >= 4 is 29.2 Å². The molecule has 152 valence electrons. The Kier molecular flexibility index (Phi) is 5.41. The third kappa shape index (κ3) is 3.92. The van der Waals surface area contributed by atoms with Crippen molar-refractivity contribution < 1.29 is 14.4 Å². The van der Waals surface area contributed by atoms with Crippen LogP contribution in [-0.2, 0) is 9.59 Å². The summed E-state index contributed by atoms with van der Waals surface area (Å²) in [4.78, 5) is 40.3. The Hall–Kier alpha value is -2.67. The Morgan fingerprint density at radius 3 is 2.59 bits per heavy atom. The van der Waals surface area contributed by atoms with Crippen molar-refractivity contribution in [3.05, 3.63) is 58.3 Å². The lowest BCUT2D eigenvalue weighted by Gasteiger charge is -2.33. The number of thiophene rings is 1. The van der Waals surface area contributed by atoms with Gasteiger partial charge in [0.2, 0.25) is 5.91 Å². The summed E-state index contributed by atoms with van der Waals surface area (Å²) >= 11 is 1.55. The van der Waals surface area contributed by atoms with E-state index in [2.05, 4.69) is 17.6 Å². The maximum atomic E-state index is 13.0. The molecule has 0 bridgehead atoms. The molecular formula is C22H25N3O3S. The summed E-state index contributed by atoms with van der Waals surface area (Å²) in [7, 11) is 0. The number of hydrogen-bond donors (Lipinski definition) is 2. The molecule has 2 aromatic rings. The smallest absolute Gasteiger partial charge is 0.325 e. The first-order valence-electron chi connectivity index (χ1n) is 10.0. The van der Waals surface area contributed by atoms with Crippen molar-refractivity contribution in [1.29, 1.82) is 0 Å². The van der Waals surface area contributed by atoms with Crippen molar-refractivity contribution in [2.45, 2.75) is 44.2 Å². The monoisotopic (exact) mass is 411 g/mol. The molecule has 1 aromatic carbocycles. The van der Waals surface area contributed by atoms with Crippen LogP contribution in [0.3, 0.4) is 0 Å². The van der Waals surface area contributed by atoms with Crippen LogP contribution in [0.25, 0.3) is 0 Å². The van der Waals surface area contributed by atoms with Gasteiger partial charge in [-0.05, 0) is 48.6 Å². The molecule has 1 aromatic heterocycles. The summed E-state index contributed by atoms with van der Waals surface area (Å²) in [5.74, 6) is -0.0611. The van der Waals surface area contributed by atoms with E-state index in [0.29, 0.717) is 18.8 Å². The van der Waals surface area contributed by atoms with Crippen LogP contribution in [0.2, 0.25) is 0 Å². The Bertz CT molecular complexity index is 889. The molecule has 0 unspecified atom stereocenters. The van der Waals surface area contributed by atoms with E-state index in [0.717, 1.165) is 28.2 Å². The standard InChI is InChI=1S/C22H25N3O3S/c1-15-9-11-22(12-10-15)20(27)25(21(28)24-22)14-18(26)23-19(17-8-5-13-29-17)16-6-3-2-4-7-16/h2-8,13,15,19H,9-12,14H2,1H3,(H,23,26)(H,24,28)/t15?,19-,22?/m0/s1. The highest BCUT2D eigenvalue weighted by Gasteiger charge is 2.52. The third-order valence-corrected chi connectivity index (χ3v) is 6.88. The molecule has 2 fully saturated rings.